The van der Waals surface area contributed by atoms with Crippen LogP contribution in [0.15, 0.2) is 25.3 Å². The largest absolute Gasteiger partial charge is 0.340 e. The van der Waals surface area contributed by atoms with Crippen LogP contribution in [-0.2, 0) is 9.59 Å². The molecule has 2 amide bonds. The fourth-order valence-corrected chi connectivity index (χ4v) is 1.67. The summed E-state index contributed by atoms with van der Waals surface area (Å²) >= 11 is 0. The lowest BCUT2D eigenvalue weighted by atomic mass is 10.3. The zero-order valence-electron chi connectivity index (χ0n) is 13.5. The third-order valence-electron chi connectivity index (χ3n) is 2.72. The number of carbonyl (C=O) groups is 2. The minimum atomic E-state index is 0.0139. The van der Waals surface area contributed by atoms with Gasteiger partial charge in [0.05, 0.1) is 0 Å². The van der Waals surface area contributed by atoms with Crippen LogP contribution < -0.4 is 0 Å². The van der Waals surface area contributed by atoms with Crippen LogP contribution in [0.1, 0.15) is 40.5 Å². The fraction of sp³-hybridized carbons (Fsp3) is 0.625. The normalized spacial score (nSPS) is 9.00. The van der Waals surface area contributed by atoms with Crippen LogP contribution in [0.25, 0.3) is 0 Å². The van der Waals surface area contributed by atoms with E-state index in [1.165, 1.54) is 12.2 Å². The van der Waals surface area contributed by atoms with Crippen molar-refractivity contribution in [1.29, 1.82) is 0 Å². The van der Waals surface area contributed by atoms with Gasteiger partial charge in [0, 0.05) is 26.2 Å². The van der Waals surface area contributed by atoms with Gasteiger partial charge in [-0.1, -0.05) is 27.0 Å². The summed E-state index contributed by atoms with van der Waals surface area (Å²) in [5.74, 6) is 0.0636. The molecule has 0 aliphatic rings. The average Bonchev–Trinajstić information content (AvgIpc) is 2.47. The number of hydrogen-bond donors (Lipinski definition) is 0. The lowest BCUT2D eigenvalue weighted by Crippen LogP contribution is -2.30. The quantitative estimate of drug-likeness (QED) is 0.642. The van der Waals surface area contributed by atoms with E-state index in [0.29, 0.717) is 0 Å². The maximum atomic E-state index is 11.1. The standard InChI is InChI=1S/C9H17NO.C7H13NO/c1-4-7-10(8-5-2)9(11)6-3;1-4-7(9)8(5-2)6-3/h6H,3-5,7-8H2,1-2H3;4H,1,5-6H2,2-3H3. The highest BCUT2D eigenvalue weighted by molar-refractivity contribution is 5.87. The molecule has 0 saturated carbocycles. The number of nitrogens with zero attached hydrogens (tertiary/aromatic N) is 2. The first kappa shape index (κ1) is 20.7. The summed E-state index contributed by atoms with van der Waals surface area (Å²) in [6, 6.07) is 0. The van der Waals surface area contributed by atoms with E-state index in [9.17, 15) is 9.59 Å². The predicted octanol–water partition coefficient (Wildman–Crippen LogP) is 2.86. The van der Waals surface area contributed by atoms with E-state index in [1.807, 2.05) is 18.7 Å². The van der Waals surface area contributed by atoms with E-state index in [2.05, 4.69) is 27.0 Å². The van der Waals surface area contributed by atoms with Gasteiger partial charge in [0.15, 0.2) is 0 Å². The Balaban J connectivity index is 0. The van der Waals surface area contributed by atoms with E-state index < -0.39 is 0 Å². The molecule has 0 bridgehead atoms. The van der Waals surface area contributed by atoms with Crippen molar-refractivity contribution in [3.05, 3.63) is 25.3 Å². The van der Waals surface area contributed by atoms with E-state index >= 15 is 0 Å². The number of rotatable bonds is 8. The third-order valence-corrected chi connectivity index (χ3v) is 2.72. The predicted molar refractivity (Wildman–Crippen MR) is 85.5 cm³/mol. The van der Waals surface area contributed by atoms with Gasteiger partial charge < -0.3 is 9.80 Å². The van der Waals surface area contributed by atoms with Crippen molar-refractivity contribution >= 4 is 11.8 Å². The van der Waals surface area contributed by atoms with E-state index in [1.54, 1.807) is 4.90 Å². The van der Waals surface area contributed by atoms with Crippen LogP contribution in [0.3, 0.4) is 0 Å². The van der Waals surface area contributed by atoms with Gasteiger partial charge >= 0.3 is 0 Å². The molecule has 0 heterocycles. The maximum absolute atomic E-state index is 11.1. The van der Waals surface area contributed by atoms with Gasteiger partial charge in [0.25, 0.3) is 0 Å². The smallest absolute Gasteiger partial charge is 0.245 e. The van der Waals surface area contributed by atoms with Crippen molar-refractivity contribution in [3.8, 4) is 0 Å². The van der Waals surface area contributed by atoms with Crippen LogP contribution in [0.5, 0.6) is 0 Å². The monoisotopic (exact) mass is 282 g/mol. The SMILES string of the molecule is C=CC(=O)N(CC)CC.C=CC(=O)N(CCC)CCC. The van der Waals surface area contributed by atoms with Crippen LogP contribution in [0, 0.1) is 0 Å². The molecular weight excluding hydrogens is 252 g/mol. The van der Waals surface area contributed by atoms with E-state index in [-0.39, 0.29) is 11.8 Å². The van der Waals surface area contributed by atoms with E-state index in [4.69, 9.17) is 0 Å². The van der Waals surface area contributed by atoms with Gasteiger partial charge in [0.1, 0.15) is 0 Å². The highest BCUT2D eigenvalue weighted by atomic mass is 16.2. The molecule has 0 saturated heterocycles. The van der Waals surface area contributed by atoms with Crippen molar-refractivity contribution in [3.63, 3.8) is 0 Å². The van der Waals surface area contributed by atoms with Crippen molar-refractivity contribution in [2.24, 2.45) is 0 Å². The molecule has 0 aliphatic heterocycles. The molecule has 0 radical (unpaired) electrons. The Labute approximate surface area is 124 Å². The minimum Gasteiger partial charge on any atom is -0.340 e. The Hall–Kier alpha value is -1.58. The molecule has 0 atom stereocenters. The van der Waals surface area contributed by atoms with Crippen LogP contribution >= 0.6 is 0 Å². The number of likely N-dealkylation sites (N-methyl/N-ethyl adjacent to an activating group) is 1. The fourth-order valence-electron chi connectivity index (χ4n) is 1.67. The van der Waals surface area contributed by atoms with Crippen LogP contribution in [0.2, 0.25) is 0 Å². The number of carbonyl (C=O) groups excluding carboxylic acids is 2. The third kappa shape index (κ3) is 9.36. The molecule has 0 fully saturated rings. The first-order valence-corrected chi connectivity index (χ1v) is 7.34. The zero-order chi connectivity index (χ0) is 16.0. The molecule has 4 nitrogen and oxygen atoms in total. The Morgan fingerprint density at radius 3 is 1.35 bits per heavy atom. The molecule has 0 aliphatic carbocycles. The lowest BCUT2D eigenvalue weighted by Gasteiger charge is -2.18. The first-order chi connectivity index (χ1) is 9.51. The summed E-state index contributed by atoms with van der Waals surface area (Å²) in [7, 11) is 0. The van der Waals surface area contributed by atoms with Crippen molar-refractivity contribution in [2.45, 2.75) is 40.5 Å². The molecule has 20 heavy (non-hydrogen) atoms. The van der Waals surface area contributed by atoms with Crippen LogP contribution in [-0.4, -0.2) is 47.8 Å². The molecule has 0 unspecified atom stereocenters. The molecule has 0 aromatic rings. The summed E-state index contributed by atoms with van der Waals surface area (Å²) in [6.07, 6.45) is 4.75. The zero-order valence-corrected chi connectivity index (χ0v) is 13.5. The Morgan fingerprint density at radius 1 is 0.800 bits per heavy atom. The minimum absolute atomic E-state index is 0.0139. The maximum Gasteiger partial charge on any atom is 0.245 e. The molecule has 0 spiro atoms. The molecule has 116 valence electrons. The van der Waals surface area contributed by atoms with Gasteiger partial charge in [-0.25, -0.2) is 0 Å². The molecule has 0 rings (SSSR count). The second kappa shape index (κ2) is 13.8. The lowest BCUT2D eigenvalue weighted by molar-refractivity contribution is -0.126. The van der Waals surface area contributed by atoms with Crippen molar-refractivity contribution in [1.82, 2.24) is 9.80 Å². The summed E-state index contributed by atoms with van der Waals surface area (Å²) < 4.78 is 0. The van der Waals surface area contributed by atoms with Gasteiger partial charge in [-0.2, -0.15) is 0 Å². The molecule has 0 N–H and O–H groups in total. The van der Waals surface area contributed by atoms with Gasteiger partial charge in [-0.3, -0.25) is 9.59 Å². The average molecular weight is 282 g/mol. The second-order valence-corrected chi connectivity index (χ2v) is 4.24. The summed E-state index contributed by atoms with van der Waals surface area (Å²) in [5.41, 5.74) is 0. The van der Waals surface area contributed by atoms with E-state index in [0.717, 1.165) is 39.0 Å². The molecule has 0 aromatic carbocycles. The number of amides is 2. The first-order valence-electron chi connectivity index (χ1n) is 7.34. The highest BCUT2D eigenvalue weighted by Crippen LogP contribution is 1.95. The highest BCUT2D eigenvalue weighted by Gasteiger charge is 2.05. The van der Waals surface area contributed by atoms with Gasteiger partial charge in [-0.05, 0) is 38.8 Å². The Morgan fingerprint density at radius 2 is 1.15 bits per heavy atom. The van der Waals surface area contributed by atoms with Gasteiger partial charge in [0.2, 0.25) is 11.8 Å². The van der Waals surface area contributed by atoms with Gasteiger partial charge in [-0.15, -0.1) is 0 Å². The topological polar surface area (TPSA) is 40.6 Å². The summed E-state index contributed by atoms with van der Waals surface area (Å²) in [6.45, 7) is 18.1. The molecule has 4 heteroatoms. The van der Waals surface area contributed by atoms with Crippen LogP contribution in [0.4, 0.5) is 0 Å². The summed E-state index contributed by atoms with van der Waals surface area (Å²) in [5, 5.41) is 0. The molecule has 0 aromatic heterocycles. The Kier molecular flexibility index (Phi) is 14.3. The van der Waals surface area contributed by atoms with Crippen molar-refractivity contribution in [2.75, 3.05) is 26.2 Å². The number of hydrogen-bond acceptors (Lipinski definition) is 2. The second-order valence-electron chi connectivity index (χ2n) is 4.24. The summed E-state index contributed by atoms with van der Waals surface area (Å²) in [4.78, 5) is 25.4. The van der Waals surface area contributed by atoms with Crippen molar-refractivity contribution < 1.29 is 9.59 Å². The molecular formula is C16H30N2O2. The Bertz CT molecular complexity index is 291.